The molecule has 0 aliphatic carbocycles. The third-order valence-corrected chi connectivity index (χ3v) is 10.0. The standard InChI is InChI=1S/C18H26O2Si2/c1-19-21(3,4)17-11-7-15(8-12-17)16-9-13-18(14-10-16)22(5,6)20-2/h7-14H,1-6H3. The smallest absolute Gasteiger partial charge is 0.217 e. The fourth-order valence-corrected chi connectivity index (χ4v) is 4.77. The Kier molecular flexibility index (Phi) is 5.07. The summed E-state index contributed by atoms with van der Waals surface area (Å²) >= 11 is 0. The number of benzene rings is 2. The molecule has 0 heterocycles. The molecule has 0 fully saturated rings. The van der Waals surface area contributed by atoms with Gasteiger partial charge in [0.1, 0.15) is 0 Å². The lowest BCUT2D eigenvalue weighted by Crippen LogP contribution is -2.43. The molecule has 0 atom stereocenters. The molecular formula is C18H26O2Si2. The van der Waals surface area contributed by atoms with Crippen molar-refractivity contribution in [1.82, 2.24) is 0 Å². The molecule has 0 bridgehead atoms. The SMILES string of the molecule is CO[Si](C)(C)c1ccc(-c2ccc([Si](C)(C)OC)cc2)cc1. The average molecular weight is 331 g/mol. The van der Waals surface area contributed by atoms with Crippen LogP contribution in [0.4, 0.5) is 0 Å². The highest BCUT2D eigenvalue weighted by Gasteiger charge is 2.24. The topological polar surface area (TPSA) is 18.5 Å². The maximum atomic E-state index is 5.66. The van der Waals surface area contributed by atoms with Crippen LogP contribution in [0.15, 0.2) is 48.5 Å². The fourth-order valence-electron chi connectivity index (χ4n) is 2.36. The molecule has 2 aromatic carbocycles. The fraction of sp³-hybridized carbons (Fsp3) is 0.333. The third kappa shape index (κ3) is 3.58. The van der Waals surface area contributed by atoms with E-state index in [1.54, 1.807) is 14.2 Å². The molecule has 0 N–H and O–H groups in total. The molecule has 22 heavy (non-hydrogen) atoms. The zero-order valence-corrected chi connectivity index (χ0v) is 16.4. The van der Waals surface area contributed by atoms with Crippen molar-refractivity contribution in [3.8, 4) is 11.1 Å². The van der Waals surface area contributed by atoms with E-state index in [9.17, 15) is 0 Å². The highest BCUT2D eigenvalue weighted by molar-refractivity contribution is 6.84. The predicted molar refractivity (Wildman–Crippen MR) is 100 cm³/mol. The highest BCUT2D eigenvalue weighted by Crippen LogP contribution is 2.19. The van der Waals surface area contributed by atoms with Gasteiger partial charge in [-0.3, -0.25) is 0 Å². The number of hydrogen-bond acceptors (Lipinski definition) is 2. The summed E-state index contributed by atoms with van der Waals surface area (Å²) in [6.07, 6.45) is 0. The Morgan fingerprint density at radius 1 is 0.545 bits per heavy atom. The molecule has 0 saturated carbocycles. The van der Waals surface area contributed by atoms with Gasteiger partial charge in [-0.25, -0.2) is 0 Å². The van der Waals surface area contributed by atoms with Gasteiger partial charge in [-0.15, -0.1) is 0 Å². The van der Waals surface area contributed by atoms with E-state index in [0.717, 1.165) is 0 Å². The predicted octanol–water partition coefficient (Wildman–Crippen LogP) is 3.47. The summed E-state index contributed by atoms with van der Waals surface area (Å²) in [6.45, 7) is 8.87. The minimum atomic E-state index is -1.73. The van der Waals surface area contributed by atoms with Crippen LogP contribution in [0.5, 0.6) is 0 Å². The van der Waals surface area contributed by atoms with Gasteiger partial charge in [0.05, 0.1) is 0 Å². The Bertz CT molecular complexity index is 559. The molecule has 118 valence electrons. The second-order valence-electron chi connectivity index (χ2n) is 6.58. The van der Waals surface area contributed by atoms with Crippen molar-refractivity contribution >= 4 is 27.0 Å². The maximum absolute atomic E-state index is 5.66. The van der Waals surface area contributed by atoms with Gasteiger partial charge in [-0.2, -0.15) is 0 Å². The second kappa shape index (κ2) is 6.50. The van der Waals surface area contributed by atoms with E-state index >= 15 is 0 Å². The van der Waals surface area contributed by atoms with Gasteiger partial charge in [0.15, 0.2) is 0 Å². The molecule has 4 heteroatoms. The lowest BCUT2D eigenvalue weighted by molar-refractivity contribution is 0.416. The maximum Gasteiger partial charge on any atom is 0.217 e. The monoisotopic (exact) mass is 330 g/mol. The van der Waals surface area contributed by atoms with Crippen LogP contribution >= 0.6 is 0 Å². The summed E-state index contributed by atoms with van der Waals surface area (Å²) in [5.74, 6) is 0. The second-order valence-corrected chi connectivity index (χ2v) is 14.6. The normalized spacial score (nSPS) is 12.5. The van der Waals surface area contributed by atoms with Gasteiger partial charge >= 0.3 is 0 Å². The van der Waals surface area contributed by atoms with Crippen LogP contribution in [0.1, 0.15) is 0 Å². The molecule has 0 aromatic heterocycles. The van der Waals surface area contributed by atoms with E-state index in [2.05, 4.69) is 74.7 Å². The Labute approximate surface area is 136 Å². The van der Waals surface area contributed by atoms with E-state index in [4.69, 9.17) is 8.85 Å². The Hall–Kier alpha value is -1.21. The number of hydrogen-bond donors (Lipinski definition) is 0. The van der Waals surface area contributed by atoms with Crippen molar-refractivity contribution < 1.29 is 8.85 Å². The summed E-state index contributed by atoms with van der Waals surface area (Å²) in [7, 11) is 0.158. The lowest BCUT2D eigenvalue weighted by Gasteiger charge is -2.21. The molecule has 0 spiro atoms. The van der Waals surface area contributed by atoms with E-state index in [1.807, 2.05) is 0 Å². The molecule has 0 radical (unpaired) electrons. The quantitative estimate of drug-likeness (QED) is 0.782. The first-order valence-electron chi connectivity index (χ1n) is 7.62. The van der Waals surface area contributed by atoms with E-state index < -0.39 is 16.6 Å². The minimum Gasteiger partial charge on any atom is -0.416 e. The van der Waals surface area contributed by atoms with E-state index in [1.165, 1.54) is 21.5 Å². The van der Waals surface area contributed by atoms with Gasteiger partial charge in [-0.05, 0) is 47.7 Å². The largest absolute Gasteiger partial charge is 0.416 e. The van der Waals surface area contributed by atoms with Crippen molar-refractivity contribution in [2.45, 2.75) is 26.2 Å². The van der Waals surface area contributed by atoms with Gasteiger partial charge in [0, 0.05) is 14.2 Å². The first kappa shape index (κ1) is 17.2. The van der Waals surface area contributed by atoms with Crippen molar-refractivity contribution in [2.24, 2.45) is 0 Å². The van der Waals surface area contributed by atoms with Crippen LogP contribution in [0, 0.1) is 0 Å². The molecule has 0 saturated heterocycles. The summed E-state index contributed by atoms with van der Waals surface area (Å²) in [6, 6.07) is 17.6. The van der Waals surface area contributed by atoms with Crippen LogP contribution < -0.4 is 10.4 Å². The first-order chi connectivity index (χ1) is 10.3. The van der Waals surface area contributed by atoms with Crippen LogP contribution in [-0.2, 0) is 8.85 Å². The number of rotatable bonds is 5. The summed E-state index contributed by atoms with van der Waals surface area (Å²) < 4.78 is 11.3. The Balaban J connectivity index is 2.26. The molecule has 0 amide bonds. The molecule has 0 unspecified atom stereocenters. The van der Waals surface area contributed by atoms with Gasteiger partial charge in [0.2, 0.25) is 16.6 Å². The summed E-state index contributed by atoms with van der Waals surface area (Å²) in [5, 5.41) is 2.64. The molecule has 2 nitrogen and oxygen atoms in total. The van der Waals surface area contributed by atoms with E-state index in [0.29, 0.717) is 0 Å². The van der Waals surface area contributed by atoms with Crippen molar-refractivity contribution in [3.05, 3.63) is 48.5 Å². The molecule has 0 aliphatic rings. The van der Waals surface area contributed by atoms with Crippen molar-refractivity contribution in [3.63, 3.8) is 0 Å². The lowest BCUT2D eigenvalue weighted by atomic mass is 10.1. The first-order valence-corrected chi connectivity index (χ1v) is 13.4. The molecular weight excluding hydrogens is 304 g/mol. The average Bonchev–Trinajstić information content (AvgIpc) is 2.55. The molecule has 2 rings (SSSR count). The Morgan fingerprint density at radius 3 is 1.05 bits per heavy atom. The van der Waals surface area contributed by atoms with Crippen molar-refractivity contribution in [1.29, 1.82) is 0 Å². The Morgan fingerprint density at radius 2 is 0.818 bits per heavy atom. The van der Waals surface area contributed by atoms with E-state index in [-0.39, 0.29) is 0 Å². The van der Waals surface area contributed by atoms with Crippen molar-refractivity contribution in [2.75, 3.05) is 14.2 Å². The van der Waals surface area contributed by atoms with Gasteiger partial charge < -0.3 is 8.85 Å². The van der Waals surface area contributed by atoms with Gasteiger partial charge in [0.25, 0.3) is 0 Å². The highest BCUT2D eigenvalue weighted by atomic mass is 28.4. The summed E-state index contributed by atoms with van der Waals surface area (Å²) in [5.41, 5.74) is 2.49. The van der Waals surface area contributed by atoms with Gasteiger partial charge in [-0.1, -0.05) is 48.5 Å². The van der Waals surface area contributed by atoms with Crippen LogP contribution in [-0.4, -0.2) is 30.9 Å². The summed E-state index contributed by atoms with van der Waals surface area (Å²) in [4.78, 5) is 0. The zero-order chi connectivity index (χ0) is 16.4. The molecule has 0 aliphatic heterocycles. The molecule has 2 aromatic rings. The zero-order valence-electron chi connectivity index (χ0n) is 14.4. The van der Waals surface area contributed by atoms with Crippen LogP contribution in [0.2, 0.25) is 26.2 Å². The minimum absolute atomic E-state index is 1.24. The van der Waals surface area contributed by atoms with Crippen LogP contribution in [0.25, 0.3) is 11.1 Å². The van der Waals surface area contributed by atoms with Crippen LogP contribution in [0.3, 0.4) is 0 Å². The third-order valence-electron chi connectivity index (χ3n) is 4.51.